The Bertz CT molecular complexity index is 476. The number of aryl methyl sites for hydroxylation is 1. The molecule has 1 saturated carbocycles. The Morgan fingerprint density at radius 2 is 2.29 bits per heavy atom. The lowest BCUT2D eigenvalue weighted by molar-refractivity contribution is -0.202. The van der Waals surface area contributed by atoms with Gasteiger partial charge in [-0.15, -0.1) is 0 Å². The van der Waals surface area contributed by atoms with Crippen molar-refractivity contribution in [2.24, 2.45) is 5.41 Å². The number of methoxy groups -OCH3 is 1. The summed E-state index contributed by atoms with van der Waals surface area (Å²) in [6, 6.07) is 3.74. The van der Waals surface area contributed by atoms with Crippen LogP contribution in [0.25, 0.3) is 0 Å². The number of piperidine rings is 1. The summed E-state index contributed by atoms with van der Waals surface area (Å²) in [7, 11) is 1.71. The molecule has 1 spiro atoms. The third-order valence-corrected chi connectivity index (χ3v) is 5.24. The van der Waals surface area contributed by atoms with Crippen LogP contribution in [0, 0.1) is 5.41 Å². The van der Waals surface area contributed by atoms with Gasteiger partial charge in [0.1, 0.15) is 5.76 Å². The molecule has 5 nitrogen and oxygen atoms in total. The van der Waals surface area contributed by atoms with Crippen LogP contribution in [-0.4, -0.2) is 48.3 Å². The molecule has 1 aliphatic carbocycles. The van der Waals surface area contributed by atoms with Crippen molar-refractivity contribution in [3.05, 3.63) is 24.2 Å². The first-order chi connectivity index (χ1) is 10.2. The number of aliphatic hydroxyl groups excluding tert-OH is 1. The molecule has 2 atom stereocenters. The summed E-state index contributed by atoms with van der Waals surface area (Å²) in [5.74, 6) is 1.02. The average Bonchev–Trinajstić information content (AvgIpc) is 3.03. The second-order valence-corrected chi connectivity index (χ2v) is 6.17. The molecule has 2 aliphatic rings. The van der Waals surface area contributed by atoms with Crippen LogP contribution in [0.5, 0.6) is 0 Å². The van der Waals surface area contributed by atoms with Gasteiger partial charge in [0.05, 0.1) is 18.5 Å². The van der Waals surface area contributed by atoms with E-state index < -0.39 is 0 Å². The molecule has 0 aromatic carbocycles. The van der Waals surface area contributed by atoms with Crippen molar-refractivity contribution < 1.29 is 19.1 Å². The number of hydrogen-bond acceptors (Lipinski definition) is 4. The van der Waals surface area contributed by atoms with Gasteiger partial charge in [-0.1, -0.05) is 0 Å². The number of furan rings is 1. The molecule has 1 aromatic heterocycles. The largest absolute Gasteiger partial charge is 0.469 e. The van der Waals surface area contributed by atoms with Crippen molar-refractivity contribution in [1.29, 1.82) is 0 Å². The molecule has 21 heavy (non-hydrogen) atoms. The molecule has 0 unspecified atom stereocenters. The van der Waals surface area contributed by atoms with E-state index in [1.165, 1.54) is 0 Å². The Labute approximate surface area is 124 Å². The lowest BCUT2D eigenvalue weighted by Gasteiger charge is -2.56. The van der Waals surface area contributed by atoms with Gasteiger partial charge in [-0.25, -0.2) is 0 Å². The Kier molecular flexibility index (Phi) is 4.04. The molecule has 2 fully saturated rings. The summed E-state index contributed by atoms with van der Waals surface area (Å²) in [4.78, 5) is 14.1. The Morgan fingerprint density at radius 1 is 1.52 bits per heavy atom. The molecule has 1 aliphatic heterocycles. The van der Waals surface area contributed by atoms with Gasteiger partial charge in [0, 0.05) is 44.9 Å². The van der Waals surface area contributed by atoms with E-state index in [4.69, 9.17) is 9.15 Å². The van der Waals surface area contributed by atoms with Crippen LogP contribution in [0.2, 0.25) is 0 Å². The lowest BCUT2D eigenvalue weighted by atomic mass is 9.58. The molecule has 5 heteroatoms. The lowest BCUT2D eigenvalue weighted by Crippen LogP contribution is -2.62. The molecule has 116 valence electrons. The second kappa shape index (κ2) is 5.81. The predicted molar refractivity (Wildman–Crippen MR) is 76.7 cm³/mol. The first-order valence-electron chi connectivity index (χ1n) is 7.67. The first-order valence-corrected chi connectivity index (χ1v) is 7.67. The van der Waals surface area contributed by atoms with E-state index >= 15 is 0 Å². The zero-order valence-corrected chi connectivity index (χ0v) is 12.5. The third-order valence-electron chi connectivity index (χ3n) is 5.24. The number of carbonyl (C=O) groups excluding carboxylic acids is 1. The Hall–Kier alpha value is -1.33. The van der Waals surface area contributed by atoms with Gasteiger partial charge in [0.25, 0.3) is 0 Å². The summed E-state index contributed by atoms with van der Waals surface area (Å²) >= 11 is 0. The summed E-state index contributed by atoms with van der Waals surface area (Å²) < 4.78 is 10.7. The number of hydrogen-bond donors (Lipinski definition) is 1. The zero-order chi connectivity index (χ0) is 14.9. The normalized spacial score (nSPS) is 27.6. The SMILES string of the molecule is CO[C@@H]1C[C@H](O)C12CCN(C(=O)CCc1ccco1)CC2. The van der Waals surface area contributed by atoms with E-state index in [1.807, 2.05) is 17.0 Å². The molecule has 1 saturated heterocycles. The molecule has 1 aromatic rings. The fourth-order valence-electron chi connectivity index (χ4n) is 3.73. The molecular formula is C16H23NO4. The van der Waals surface area contributed by atoms with Gasteiger partial charge < -0.3 is 19.2 Å². The maximum atomic E-state index is 12.2. The highest BCUT2D eigenvalue weighted by Crippen LogP contribution is 2.50. The molecule has 1 amide bonds. The van der Waals surface area contributed by atoms with Crippen molar-refractivity contribution in [2.45, 2.75) is 44.3 Å². The number of aliphatic hydroxyl groups is 1. The van der Waals surface area contributed by atoms with Gasteiger partial charge in [-0.2, -0.15) is 0 Å². The third kappa shape index (κ3) is 2.60. The molecule has 2 heterocycles. The van der Waals surface area contributed by atoms with E-state index in [-0.39, 0.29) is 23.5 Å². The highest BCUT2D eigenvalue weighted by atomic mass is 16.5. The summed E-state index contributed by atoms with van der Waals surface area (Å²) in [5, 5.41) is 10.1. The van der Waals surface area contributed by atoms with Crippen LogP contribution in [0.3, 0.4) is 0 Å². The molecular weight excluding hydrogens is 270 g/mol. The van der Waals surface area contributed by atoms with Crippen LogP contribution in [0.4, 0.5) is 0 Å². The number of rotatable bonds is 4. The highest BCUT2D eigenvalue weighted by molar-refractivity contribution is 5.76. The highest BCUT2D eigenvalue weighted by Gasteiger charge is 2.56. The Morgan fingerprint density at radius 3 is 2.86 bits per heavy atom. The van der Waals surface area contributed by atoms with E-state index in [2.05, 4.69) is 0 Å². The molecule has 0 radical (unpaired) electrons. The van der Waals surface area contributed by atoms with Crippen molar-refractivity contribution in [1.82, 2.24) is 4.90 Å². The minimum atomic E-state index is -0.275. The van der Waals surface area contributed by atoms with Crippen LogP contribution in [0.1, 0.15) is 31.4 Å². The van der Waals surface area contributed by atoms with Crippen LogP contribution >= 0.6 is 0 Å². The van der Waals surface area contributed by atoms with Gasteiger partial charge in [0.15, 0.2) is 0 Å². The zero-order valence-electron chi connectivity index (χ0n) is 12.5. The minimum absolute atomic E-state index is 0.119. The average molecular weight is 293 g/mol. The number of likely N-dealkylation sites (tertiary alicyclic amines) is 1. The van der Waals surface area contributed by atoms with Gasteiger partial charge >= 0.3 is 0 Å². The van der Waals surface area contributed by atoms with Crippen molar-refractivity contribution in [2.75, 3.05) is 20.2 Å². The maximum absolute atomic E-state index is 12.2. The van der Waals surface area contributed by atoms with Crippen LogP contribution < -0.4 is 0 Å². The summed E-state index contributed by atoms with van der Waals surface area (Å²) in [6.45, 7) is 1.43. The number of nitrogens with zero attached hydrogens (tertiary/aromatic N) is 1. The van der Waals surface area contributed by atoms with Crippen LogP contribution in [-0.2, 0) is 16.0 Å². The standard InChI is InChI=1S/C16H23NO4/c1-20-14-11-13(18)16(14)6-8-17(9-7-16)15(19)5-4-12-3-2-10-21-12/h2-3,10,13-14,18H,4-9,11H2,1H3/t13-,14+/m0/s1. The summed E-state index contributed by atoms with van der Waals surface area (Å²) in [5.41, 5.74) is -0.119. The fourth-order valence-corrected chi connectivity index (χ4v) is 3.73. The van der Waals surface area contributed by atoms with Crippen molar-refractivity contribution in [3.8, 4) is 0 Å². The second-order valence-electron chi connectivity index (χ2n) is 6.17. The first kappa shape index (κ1) is 14.6. The van der Waals surface area contributed by atoms with E-state index in [0.717, 1.165) is 25.0 Å². The fraction of sp³-hybridized carbons (Fsp3) is 0.688. The van der Waals surface area contributed by atoms with Crippen molar-refractivity contribution >= 4 is 5.91 Å². The molecule has 0 bridgehead atoms. The van der Waals surface area contributed by atoms with Gasteiger partial charge in [-0.05, 0) is 25.0 Å². The predicted octanol–water partition coefficient (Wildman–Crippen LogP) is 1.60. The van der Waals surface area contributed by atoms with E-state index in [9.17, 15) is 9.90 Å². The van der Waals surface area contributed by atoms with E-state index in [0.29, 0.717) is 25.9 Å². The molecule has 3 rings (SSSR count). The Balaban J connectivity index is 1.50. The molecule has 1 N–H and O–H groups in total. The van der Waals surface area contributed by atoms with Crippen molar-refractivity contribution in [3.63, 3.8) is 0 Å². The maximum Gasteiger partial charge on any atom is 0.223 e. The quantitative estimate of drug-likeness (QED) is 0.916. The monoisotopic (exact) mass is 293 g/mol. The van der Waals surface area contributed by atoms with E-state index in [1.54, 1.807) is 13.4 Å². The van der Waals surface area contributed by atoms with Crippen LogP contribution in [0.15, 0.2) is 22.8 Å². The number of ether oxygens (including phenoxy) is 1. The topological polar surface area (TPSA) is 62.9 Å². The van der Waals surface area contributed by atoms with Gasteiger partial charge in [-0.3, -0.25) is 4.79 Å². The number of amides is 1. The smallest absolute Gasteiger partial charge is 0.223 e. The minimum Gasteiger partial charge on any atom is -0.469 e. The number of carbonyl (C=O) groups is 1. The summed E-state index contributed by atoms with van der Waals surface area (Å²) in [6.07, 6.45) is 5.03. The van der Waals surface area contributed by atoms with Gasteiger partial charge in [0.2, 0.25) is 5.91 Å².